The predicted molar refractivity (Wildman–Crippen MR) is 64.1 cm³/mol. The van der Waals surface area contributed by atoms with Crippen LogP contribution in [0.15, 0.2) is 18.3 Å². The molecule has 0 spiro atoms. The zero-order valence-electron chi connectivity index (χ0n) is 9.82. The van der Waals surface area contributed by atoms with Crippen molar-refractivity contribution in [3.63, 3.8) is 0 Å². The molecular formula is C13H20N2O. The Bertz CT molecular complexity index is 332. The van der Waals surface area contributed by atoms with Crippen molar-refractivity contribution >= 4 is 0 Å². The third kappa shape index (κ3) is 3.03. The summed E-state index contributed by atoms with van der Waals surface area (Å²) < 4.78 is 0. The number of hydrogen-bond acceptors (Lipinski definition) is 3. The van der Waals surface area contributed by atoms with Gasteiger partial charge in [-0.15, -0.1) is 0 Å². The van der Waals surface area contributed by atoms with Crippen LogP contribution in [0.5, 0.6) is 0 Å². The first-order chi connectivity index (χ1) is 7.75. The fourth-order valence-corrected chi connectivity index (χ4v) is 2.24. The maximum absolute atomic E-state index is 9.42. The molecule has 0 atom stereocenters. The summed E-state index contributed by atoms with van der Waals surface area (Å²) in [4.78, 5) is 4.27. The van der Waals surface area contributed by atoms with Gasteiger partial charge in [-0.3, -0.25) is 4.98 Å². The van der Waals surface area contributed by atoms with Crippen molar-refractivity contribution in [2.45, 2.75) is 51.3 Å². The van der Waals surface area contributed by atoms with Crippen LogP contribution in [-0.2, 0) is 6.54 Å². The number of pyridine rings is 1. The Kier molecular flexibility index (Phi) is 3.91. The highest BCUT2D eigenvalue weighted by molar-refractivity contribution is 5.17. The van der Waals surface area contributed by atoms with E-state index >= 15 is 0 Å². The SMILES string of the molecule is Cc1ncccc1CNC1CCC(O)CC1. The first kappa shape index (κ1) is 11.6. The molecule has 0 bridgehead atoms. The number of aliphatic hydroxyl groups excluding tert-OH is 1. The van der Waals surface area contributed by atoms with Crippen molar-refractivity contribution in [3.05, 3.63) is 29.6 Å². The van der Waals surface area contributed by atoms with Gasteiger partial charge in [0.25, 0.3) is 0 Å². The smallest absolute Gasteiger partial charge is 0.0541 e. The number of hydrogen-bond donors (Lipinski definition) is 2. The number of rotatable bonds is 3. The third-order valence-corrected chi connectivity index (χ3v) is 3.39. The summed E-state index contributed by atoms with van der Waals surface area (Å²) in [5.74, 6) is 0. The Morgan fingerprint density at radius 2 is 2.12 bits per heavy atom. The van der Waals surface area contributed by atoms with Gasteiger partial charge in [-0.05, 0) is 44.2 Å². The van der Waals surface area contributed by atoms with E-state index in [-0.39, 0.29) is 6.10 Å². The van der Waals surface area contributed by atoms with Gasteiger partial charge in [0, 0.05) is 24.5 Å². The lowest BCUT2D eigenvalue weighted by Crippen LogP contribution is -2.34. The predicted octanol–water partition coefficient (Wildman–Crippen LogP) is 1.78. The standard InChI is InChI=1S/C13H20N2O/c1-10-11(3-2-8-14-10)9-15-12-4-6-13(16)7-5-12/h2-3,8,12-13,15-16H,4-7,9H2,1H3. The zero-order valence-corrected chi connectivity index (χ0v) is 9.82. The van der Waals surface area contributed by atoms with E-state index in [0.29, 0.717) is 6.04 Å². The fraction of sp³-hybridized carbons (Fsp3) is 0.615. The first-order valence-electron chi connectivity index (χ1n) is 6.07. The number of nitrogens with zero attached hydrogens (tertiary/aromatic N) is 1. The van der Waals surface area contributed by atoms with Crippen LogP contribution in [0.25, 0.3) is 0 Å². The first-order valence-corrected chi connectivity index (χ1v) is 6.07. The molecule has 2 rings (SSSR count). The molecule has 1 saturated carbocycles. The summed E-state index contributed by atoms with van der Waals surface area (Å²) in [5.41, 5.74) is 2.37. The van der Waals surface area contributed by atoms with E-state index in [1.807, 2.05) is 19.2 Å². The topological polar surface area (TPSA) is 45.2 Å². The van der Waals surface area contributed by atoms with Crippen LogP contribution >= 0.6 is 0 Å². The summed E-state index contributed by atoms with van der Waals surface area (Å²) in [6.07, 6.45) is 5.79. The highest BCUT2D eigenvalue weighted by Gasteiger charge is 2.18. The molecule has 88 valence electrons. The minimum atomic E-state index is -0.0711. The van der Waals surface area contributed by atoms with Gasteiger partial charge in [0.15, 0.2) is 0 Å². The second-order valence-electron chi connectivity index (χ2n) is 4.63. The summed E-state index contributed by atoms with van der Waals surface area (Å²) in [5, 5.41) is 13.0. The van der Waals surface area contributed by atoms with Gasteiger partial charge >= 0.3 is 0 Å². The molecular weight excluding hydrogens is 200 g/mol. The van der Waals surface area contributed by atoms with Gasteiger partial charge in [0.05, 0.1) is 6.10 Å². The van der Waals surface area contributed by atoms with E-state index in [1.54, 1.807) is 0 Å². The Balaban J connectivity index is 1.81. The van der Waals surface area contributed by atoms with E-state index in [9.17, 15) is 5.11 Å². The maximum atomic E-state index is 9.42. The Labute approximate surface area is 96.9 Å². The Hall–Kier alpha value is -0.930. The lowest BCUT2D eigenvalue weighted by Gasteiger charge is -2.26. The molecule has 2 N–H and O–H groups in total. The second-order valence-corrected chi connectivity index (χ2v) is 4.63. The molecule has 3 nitrogen and oxygen atoms in total. The molecule has 0 aliphatic heterocycles. The molecule has 0 amide bonds. The van der Waals surface area contributed by atoms with Crippen LogP contribution < -0.4 is 5.32 Å². The molecule has 1 aliphatic carbocycles. The highest BCUT2D eigenvalue weighted by Crippen LogP contribution is 2.18. The van der Waals surface area contributed by atoms with Crippen molar-refractivity contribution in [2.75, 3.05) is 0 Å². The molecule has 3 heteroatoms. The lowest BCUT2D eigenvalue weighted by molar-refractivity contribution is 0.116. The van der Waals surface area contributed by atoms with Gasteiger partial charge in [0.2, 0.25) is 0 Å². The summed E-state index contributed by atoms with van der Waals surface area (Å²) in [6, 6.07) is 4.66. The number of aromatic nitrogens is 1. The monoisotopic (exact) mass is 220 g/mol. The number of nitrogens with one attached hydrogen (secondary N) is 1. The van der Waals surface area contributed by atoms with Crippen molar-refractivity contribution in [1.29, 1.82) is 0 Å². The maximum Gasteiger partial charge on any atom is 0.0541 e. The van der Waals surface area contributed by atoms with Crippen molar-refractivity contribution < 1.29 is 5.11 Å². The van der Waals surface area contributed by atoms with E-state index in [2.05, 4.69) is 16.4 Å². The van der Waals surface area contributed by atoms with Gasteiger partial charge in [-0.25, -0.2) is 0 Å². The van der Waals surface area contributed by atoms with Crippen LogP contribution in [0.2, 0.25) is 0 Å². The van der Waals surface area contributed by atoms with Crippen LogP contribution in [-0.4, -0.2) is 22.2 Å². The van der Waals surface area contributed by atoms with Crippen molar-refractivity contribution in [1.82, 2.24) is 10.3 Å². The lowest BCUT2D eigenvalue weighted by atomic mass is 9.93. The molecule has 16 heavy (non-hydrogen) atoms. The molecule has 1 aliphatic rings. The largest absolute Gasteiger partial charge is 0.393 e. The average Bonchev–Trinajstić information content (AvgIpc) is 2.30. The normalized spacial score (nSPS) is 25.6. The summed E-state index contributed by atoms with van der Waals surface area (Å²) >= 11 is 0. The van der Waals surface area contributed by atoms with Gasteiger partial charge in [-0.1, -0.05) is 6.07 Å². The molecule has 0 aromatic carbocycles. The summed E-state index contributed by atoms with van der Waals surface area (Å²) in [7, 11) is 0. The summed E-state index contributed by atoms with van der Waals surface area (Å²) in [6.45, 7) is 2.93. The quantitative estimate of drug-likeness (QED) is 0.816. The Morgan fingerprint density at radius 1 is 1.38 bits per heavy atom. The molecule has 1 aromatic heterocycles. The van der Waals surface area contributed by atoms with E-state index in [4.69, 9.17) is 0 Å². The second kappa shape index (κ2) is 5.41. The minimum absolute atomic E-state index is 0.0711. The van der Waals surface area contributed by atoms with Crippen LogP contribution in [0.4, 0.5) is 0 Å². The van der Waals surface area contributed by atoms with Crippen LogP contribution in [0.1, 0.15) is 36.9 Å². The zero-order chi connectivity index (χ0) is 11.4. The Morgan fingerprint density at radius 3 is 2.81 bits per heavy atom. The van der Waals surface area contributed by atoms with Gasteiger partial charge in [0.1, 0.15) is 0 Å². The fourth-order valence-electron chi connectivity index (χ4n) is 2.24. The minimum Gasteiger partial charge on any atom is -0.393 e. The van der Waals surface area contributed by atoms with Gasteiger partial charge < -0.3 is 10.4 Å². The highest BCUT2D eigenvalue weighted by atomic mass is 16.3. The molecule has 0 radical (unpaired) electrons. The van der Waals surface area contributed by atoms with E-state index in [1.165, 1.54) is 5.56 Å². The van der Waals surface area contributed by atoms with Crippen molar-refractivity contribution in [2.24, 2.45) is 0 Å². The molecule has 0 saturated heterocycles. The molecule has 1 aromatic rings. The number of aryl methyl sites for hydroxylation is 1. The van der Waals surface area contributed by atoms with Gasteiger partial charge in [-0.2, -0.15) is 0 Å². The molecule has 1 fully saturated rings. The van der Waals surface area contributed by atoms with Crippen LogP contribution in [0, 0.1) is 6.92 Å². The van der Waals surface area contributed by atoms with Crippen LogP contribution in [0.3, 0.4) is 0 Å². The van der Waals surface area contributed by atoms with E-state index < -0.39 is 0 Å². The number of aliphatic hydroxyl groups is 1. The van der Waals surface area contributed by atoms with E-state index in [0.717, 1.165) is 37.9 Å². The third-order valence-electron chi connectivity index (χ3n) is 3.39. The molecule has 1 heterocycles. The van der Waals surface area contributed by atoms with Crippen molar-refractivity contribution in [3.8, 4) is 0 Å². The molecule has 0 unspecified atom stereocenters. The average molecular weight is 220 g/mol.